The number of rotatable bonds is 3. The molecule has 3 atom stereocenters. The maximum atomic E-state index is 4.57. The first kappa shape index (κ1) is 14.7. The molecule has 1 aromatic heterocycles. The number of fused-ring (bicyclic) bond motifs is 2. The van der Waals surface area contributed by atoms with E-state index in [-0.39, 0.29) is 0 Å². The maximum Gasteiger partial charge on any atom is 0.0925 e. The van der Waals surface area contributed by atoms with E-state index in [0.717, 1.165) is 12.5 Å². The van der Waals surface area contributed by atoms with Gasteiger partial charge in [-0.15, -0.1) is 0 Å². The molecule has 126 valence electrons. The molecular weight excluding hydrogens is 296 g/mol. The smallest absolute Gasteiger partial charge is 0.0925 e. The van der Waals surface area contributed by atoms with Crippen molar-refractivity contribution >= 4 is 0 Å². The lowest BCUT2D eigenvalue weighted by Gasteiger charge is -2.51. The molecular formula is C20H26N4. The van der Waals surface area contributed by atoms with E-state index in [1.54, 1.807) is 0 Å². The van der Waals surface area contributed by atoms with Gasteiger partial charge in [-0.25, -0.2) is 4.98 Å². The van der Waals surface area contributed by atoms with Crippen molar-refractivity contribution in [3.05, 3.63) is 53.6 Å². The van der Waals surface area contributed by atoms with Gasteiger partial charge in [-0.3, -0.25) is 9.80 Å². The second-order valence-corrected chi connectivity index (χ2v) is 7.78. The first-order valence-electron chi connectivity index (χ1n) is 9.33. The number of aromatic nitrogens is 2. The van der Waals surface area contributed by atoms with E-state index in [2.05, 4.69) is 57.0 Å². The summed E-state index contributed by atoms with van der Waals surface area (Å²) in [5, 5.41) is 0. The SMILES string of the molecule is Cc1[nH]cnc1CN1C[C@H](c2ccccc2)[C@@H]2[C@H]1C1CCN2CC1. The monoisotopic (exact) mass is 322 g/mol. The molecule has 4 fully saturated rings. The molecule has 24 heavy (non-hydrogen) atoms. The van der Waals surface area contributed by atoms with Crippen LogP contribution in [-0.4, -0.2) is 51.5 Å². The van der Waals surface area contributed by atoms with Gasteiger partial charge in [0.05, 0.1) is 12.0 Å². The molecule has 0 aliphatic carbocycles. The Morgan fingerprint density at radius 3 is 2.62 bits per heavy atom. The zero-order chi connectivity index (χ0) is 16.1. The van der Waals surface area contributed by atoms with Gasteiger partial charge in [0.2, 0.25) is 0 Å². The number of aromatic amines is 1. The van der Waals surface area contributed by atoms with E-state index >= 15 is 0 Å². The minimum atomic E-state index is 0.638. The van der Waals surface area contributed by atoms with Crippen molar-refractivity contribution in [2.75, 3.05) is 19.6 Å². The number of benzene rings is 1. The Balaban J connectivity index is 1.49. The lowest BCUT2D eigenvalue weighted by atomic mass is 9.75. The Bertz CT molecular complexity index is 701. The minimum Gasteiger partial charge on any atom is -0.348 e. The summed E-state index contributed by atoms with van der Waals surface area (Å²) >= 11 is 0. The topological polar surface area (TPSA) is 35.2 Å². The predicted molar refractivity (Wildman–Crippen MR) is 94.8 cm³/mol. The van der Waals surface area contributed by atoms with E-state index in [9.17, 15) is 0 Å². The molecule has 0 spiro atoms. The molecule has 0 radical (unpaired) electrons. The fourth-order valence-corrected chi connectivity index (χ4v) is 5.45. The van der Waals surface area contributed by atoms with Gasteiger partial charge in [-0.1, -0.05) is 30.3 Å². The van der Waals surface area contributed by atoms with Gasteiger partial charge in [-0.05, 0) is 44.3 Å². The van der Waals surface area contributed by atoms with Gasteiger partial charge in [0.25, 0.3) is 0 Å². The fraction of sp³-hybridized carbons (Fsp3) is 0.550. The first-order chi connectivity index (χ1) is 11.8. The largest absolute Gasteiger partial charge is 0.348 e. The molecule has 2 aromatic rings. The van der Waals surface area contributed by atoms with Crippen molar-refractivity contribution < 1.29 is 0 Å². The standard InChI is InChI=1S/C20H26N4/c1-14-18(22-13-21-14)12-24-11-17(15-5-3-2-4-6-15)20-19(24)16-7-9-23(20)10-8-16/h2-6,13,16-17,19-20H,7-12H2,1H3,(H,21,22)/t17-,19-,20-/m1/s1. The van der Waals surface area contributed by atoms with Gasteiger partial charge < -0.3 is 4.98 Å². The molecule has 4 aliphatic heterocycles. The van der Waals surface area contributed by atoms with E-state index in [0.29, 0.717) is 18.0 Å². The summed E-state index contributed by atoms with van der Waals surface area (Å²) in [6.45, 7) is 6.89. The summed E-state index contributed by atoms with van der Waals surface area (Å²) in [6.07, 6.45) is 4.58. The molecule has 1 aromatic carbocycles. The molecule has 0 amide bonds. The maximum absolute atomic E-state index is 4.57. The number of likely N-dealkylation sites (tertiary alicyclic amines) is 1. The third kappa shape index (κ3) is 2.24. The first-order valence-corrected chi connectivity index (χ1v) is 9.33. The summed E-state index contributed by atoms with van der Waals surface area (Å²) in [6, 6.07) is 12.6. The number of hydrogen-bond acceptors (Lipinski definition) is 3. The highest BCUT2D eigenvalue weighted by molar-refractivity contribution is 5.27. The number of nitrogens with one attached hydrogen (secondary N) is 1. The minimum absolute atomic E-state index is 0.638. The normalized spacial score (nSPS) is 35.3. The summed E-state index contributed by atoms with van der Waals surface area (Å²) in [5.74, 6) is 1.51. The van der Waals surface area contributed by atoms with Crippen molar-refractivity contribution in [2.45, 2.75) is 44.3 Å². The number of H-pyrrole nitrogens is 1. The number of imidazole rings is 1. The van der Waals surface area contributed by atoms with Gasteiger partial charge in [0, 0.05) is 36.8 Å². The van der Waals surface area contributed by atoms with Crippen molar-refractivity contribution in [3.8, 4) is 0 Å². The second-order valence-electron chi connectivity index (χ2n) is 7.78. The van der Waals surface area contributed by atoms with Crippen LogP contribution in [0.15, 0.2) is 36.7 Å². The number of aryl methyl sites for hydroxylation is 1. The van der Waals surface area contributed by atoms with Crippen molar-refractivity contribution in [2.24, 2.45) is 5.92 Å². The van der Waals surface area contributed by atoms with Crippen LogP contribution in [0.2, 0.25) is 0 Å². The van der Waals surface area contributed by atoms with Crippen LogP contribution in [0.5, 0.6) is 0 Å². The molecule has 1 N–H and O–H groups in total. The van der Waals surface area contributed by atoms with E-state index < -0.39 is 0 Å². The number of piperidine rings is 3. The van der Waals surface area contributed by atoms with E-state index in [4.69, 9.17) is 0 Å². The number of nitrogens with zero attached hydrogens (tertiary/aromatic N) is 3. The van der Waals surface area contributed by atoms with Crippen LogP contribution < -0.4 is 0 Å². The van der Waals surface area contributed by atoms with Gasteiger partial charge >= 0.3 is 0 Å². The van der Waals surface area contributed by atoms with Crippen LogP contribution in [0.1, 0.15) is 35.7 Å². The Morgan fingerprint density at radius 1 is 1.12 bits per heavy atom. The summed E-state index contributed by atoms with van der Waals surface area (Å²) in [4.78, 5) is 13.3. The van der Waals surface area contributed by atoms with Crippen LogP contribution in [-0.2, 0) is 6.54 Å². The molecule has 4 nitrogen and oxygen atoms in total. The average molecular weight is 322 g/mol. The summed E-state index contributed by atoms with van der Waals surface area (Å²) in [7, 11) is 0. The number of hydrogen-bond donors (Lipinski definition) is 1. The Kier molecular flexibility index (Phi) is 3.49. The average Bonchev–Trinajstić information content (AvgIpc) is 3.23. The molecule has 2 bridgehead atoms. The van der Waals surface area contributed by atoms with E-state index in [1.807, 2.05) is 6.33 Å². The predicted octanol–water partition coefficient (Wildman–Crippen LogP) is 2.78. The van der Waals surface area contributed by atoms with Crippen molar-refractivity contribution in [1.82, 2.24) is 19.8 Å². The molecule has 5 heterocycles. The van der Waals surface area contributed by atoms with Gasteiger partial charge in [0.1, 0.15) is 0 Å². The van der Waals surface area contributed by atoms with Crippen molar-refractivity contribution in [1.29, 1.82) is 0 Å². The fourth-order valence-electron chi connectivity index (χ4n) is 5.45. The molecule has 4 heteroatoms. The van der Waals surface area contributed by atoms with E-state index in [1.165, 1.54) is 49.4 Å². The molecule has 6 rings (SSSR count). The van der Waals surface area contributed by atoms with Crippen LogP contribution >= 0.6 is 0 Å². The third-order valence-corrected chi connectivity index (χ3v) is 6.61. The lowest BCUT2D eigenvalue weighted by Crippen LogP contribution is -2.60. The van der Waals surface area contributed by atoms with Crippen LogP contribution in [0.25, 0.3) is 0 Å². The van der Waals surface area contributed by atoms with Crippen LogP contribution in [0.4, 0.5) is 0 Å². The zero-order valence-electron chi connectivity index (χ0n) is 14.4. The van der Waals surface area contributed by atoms with Crippen LogP contribution in [0, 0.1) is 12.8 Å². The quantitative estimate of drug-likeness (QED) is 0.944. The molecule has 4 saturated heterocycles. The van der Waals surface area contributed by atoms with Crippen LogP contribution in [0.3, 0.4) is 0 Å². The zero-order valence-corrected chi connectivity index (χ0v) is 14.4. The van der Waals surface area contributed by atoms with Gasteiger partial charge in [-0.2, -0.15) is 0 Å². The third-order valence-electron chi connectivity index (χ3n) is 6.61. The highest BCUT2D eigenvalue weighted by atomic mass is 15.3. The second kappa shape index (κ2) is 5.71. The lowest BCUT2D eigenvalue weighted by molar-refractivity contribution is -0.00899. The Labute approximate surface area is 143 Å². The summed E-state index contributed by atoms with van der Waals surface area (Å²) in [5.41, 5.74) is 3.95. The highest BCUT2D eigenvalue weighted by Crippen LogP contribution is 2.46. The Morgan fingerprint density at radius 2 is 1.92 bits per heavy atom. The molecule has 4 aliphatic rings. The summed E-state index contributed by atoms with van der Waals surface area (Å²) < 4.78 is 0. The molecule has 0 saturated carbocycles. The molecule has 0 unspecified atom stereocenters. The Hall–Kier alpha value is -1.65. The van der Waals surface area contributed by atoms with Gasteiger partial charge in [0.15, 0.2) is 0 Å². The highest BCUT2D eigenvalue weighted by Gasteiger charge is 2.53. The van der Waals surface area contributed by atoms with Crippen molar-refractivity contribution in [3.63, 3.8) is 0 Å².